The van der Waals surface area contributed by atoms with E-state index in [1.807, 2.05) is 53.9 Å². The van der Waals surface area contributed by atoms with Gasteiger partial charge in [0.2, 0.25) is 0 Å². The maximum absolute atomic E-state index is 12.7. The fraction of sp³-hybridized carbons (Fsp3) is 0.200. The van der Waals surface area contributed by atoms with Crippen LogP contribution < -0.4 is 0 Å². The summed E-state index contributed by atoms with van der Waals surface area (Å²) in [6.07, 6.45) is 0.223. The monoisotopic (exact) mass is 394 g/mol. The minimum absolute atomic E-state index is 0.223. The number of nitrogens with zero attached hydrogens (tertiary/aromatic N) is 4. The lowest BCUT2D eigenvalue weighted by molar-refractivity contribution is -0.133. The van der Waals surface area contributed by atoms with E-state index in [1.165, 1.54) is 20.9 Å². The molecule has 0 saturated heterocycles. The number of rotatable bonds is 7. The van der Waals surface area contributed by atoms with E-state index in [9.17, 15) is 9.59 Å². The van der Waals surface area contributed by atoms with Gasteiger partial charge in [-0.3, -0.25) is 4.79 Å². The Bertz CT molecular complexity index is 990. The molecule has 2 heterocycles. The van der Waals surface area contributed by atoms with E-state index in [0.717, 1.165) is 10.6 Å². The van der Waals surface area contributed by atoms with E-state index in [0.29, 0.717) is 5.69 Å². The molecule has 0 bridgehead atoms. The average molecular weight is 394 g/mol. The summed E-state index contributed by atoms with van der Waals surface area (Å²) in [5.41, 5.74) is 1.61. The highest BCUT2D eigenvalue weighted by Gasteiger charge is 2.21. The number of carbonyl (C=O) groups is 2. The Morgan fingerprint density at radius 3 is 2.71 bits per heavy atom. The molecule has 0 aliphatic rings. The number of hydrogen-bond acceptors (Lipinski definition) is 6. The van der Waals surface area contributed by atoms with Crippen LogP contribution in [0.5, 0.6) is 0 Å². The number of likely N-dealkylation sites (N-methyl/N-ethyl adjacent to an activating group) is 1. The summed E-state index contributed by atoms with van der Waals surface area (Å²) in [6, 6.07) is 16.7. The second-order valence-electron chi connectivity index (χ2n) is 5.94. The van der Waals surface area contributed by atoms with Crippen molar-refractivity contribution in [2.45, 2.75) is 6.42 Å². The Labute approximate surface area is 166 Å². The maximum Gasteiger partial charge on any atom is 0.357 e. The first-order valence-electron chi connectivity index (χ1n) is 8.57. The van der Waals surface area contributed by atoms with Gasteiger partial charge in [-0.25, -0.2) is 9.48 Å². The molecule has 0 saturated carbocycles. The topological polar surface area (TPSA) is 88.2 Å². The molecule has 3 aromatic rings. The number of hydrogen-bond donors (Lipinski definition) is 0. The van der Waals surface area contributed by atoms with Gasteiger partial charge in [-0.2, -0.15) is 10.4 Å². The van der Waals surface area contributed by atoms with Crippen LogP contribution in [-0.2, 0) is 9.53 Å². The number of nitriles is 1. The summed E-state index contributed by atoms with van der Waals surface area (Å²) in [6.45, 7) is -0.105. The van der Waals surface area contributed by atoms with E-state index in [1.54, 1.807) is 13.1 Å². The molecule has 0 spiro atoms. The first-order chi connectivity index (χ1) is 13.6. The number of aromatic nitrogens is 2. The number of esters is 1. The molecular formula is C20H18N4O3S. The van der Waals surface area contributed by atoms with E-state index in [2.05, 4.69) is 5.10 Å². The van der Waals surface area contributed by atoms with Crippen molar-refractivity contribution in [2.75, 3.05) is 20.2 Å². The molecule has 0 atom stereocenters. The summed E-state index contributed by atoms with van der Waals surface area (Å²) in [7, 11) is 1.57. The van der Waals surface area contributed by atoms with E-state index >= 15 is 0 Å². The van der Waals surface area contributed by atoms with Gasteiger partial charge in [0.1, 0.15) is 5.69 Å². The number of amides is 1. The first-order valence-corrected chi connectivity index (χ1v) is 9.45. The van der Waals surface area contributed by atoms with Crippen LogP contribution in [0, 0.1) is 11.3 Å². The summed E-state index contributed by atoms with van der Waals surface area (Å²) >= 11 is 1.52. The van der Waals surface area contributed by atoms with Crippen molar-refractivity contribution in [1.82, 2.24) is 14.7 Å². The second-order valence-corrected chi connectivity index (χ2v) is 6.89. The van der Waals surface area contributed by atoms with Crippen LogP contribution in [0.1, 0.15) is 16.9 Å². The van der Waals surface area contributed by atoms with Crippen LogP contribution in [0.15, 0.2) is 53.9 Å². The normalized spacial score (nSPS) is 10.3. The molecular weight excluding hydrogens is 376 g/mol. The molecule has 7 nitrogen and oxygen atoms in total. The minimum Gasteiger partial charge on any atom is -0.451 e. The lowest BCUT2D eigenvalue weighted by Gasteiger charge is -2.15. The van der Waals surface area contributed by atoms with Crippen LogP contribution in [0.2, 0.25) is 0 Å². The Morgan fingerprint density at radius 2 is 2.04 bits per heavy atom. The van der Waals surface area contributed by atoms with Gasteiger partial charge in [0.15, 0.2) is 12.3 Å². The predicted molar refractivity (Wildman–Crippen MR) is 105 cm³/mol. The molecule has 2 aromatic heterocycles. The van der Waals surface area contributed by atoms with Gasteiger partial charge in [0.25, 0.3) is 5.91 Å². The molecule has 8 heteroatoms. The molecule has 3 rings (SSSR count). The van der Waals surface area contributed by atoms with Crippen molar-refractivity contribution >= 4 is 23.2 Å². The fourth-order valence-electron chi connectivity index (χ4n) is 2.49. The second kappa shape index (κ2) is 8.97. The number of carbonyl (C=O) groups excluding carboxylic acids is 2. The highest BCUT2D eigenvalue weighted by atomic mass is 32.1. The van der Waals surface area contributed by atoms with Gasteiger partial charge >= 0.3 is 5.97 Å². The molecule has 0 radical (unpaired) electrons. The Morgan fingerprint density at radius 1 is 1.25 bits per heavy atom. The first kappa shape index (κ1) is 19.3. The Hall–Kier alpha value is -3.44. The van der Waals surface area contributed by atoms with Crippen LogP contribution in [-0.4, -0.2) is 46.8 Å². The third-order valence-electron chi connectivity index (χ3n) is 4.00. The smallest absolute Gasteiger partial charge is 0.357 e. The zero-order valence-corrected chi connectivity index (χ0v) is 16.1. The third-order valence-corrected chi connectivity index (χ3v) is 4.90. The molecule has 0 N–H and O–H groups in total. The molecule has 1 aromatic carbocycles. The van der Waals surface area contributed by atoms with Gasteiger partial charge in [-0.15, -0.1) is 11.3 Å². The summed E-state index contributed by atoms with van der Waals surface area (Å²) in [5, 5.41) is 15.1. The van der Waals surface area contributed by atoms with Gasteiger partial charge in [0.05, 0.1) is 23.1 Å². The number of benzene rings is 1. The Kier molecular flexibility index (Phi) is 6.19. The molecule has 0 aliphatic carbocycles. The lowest BCUT2D eigenvalue weighted by atomic mass is 10.3. The van der Waals surface area contributed by atoms with Gasteiger partial charge in [0, 0.05) is 19.7 Å². The average Bonchev–Trinajstić information content (AvgIpc) is 3.40. The van der Waals surface area contributed by atoms with Crippen LogP contribution in [0.4, 0.5) is 0 Å². The van der Waals surface area contributed by atoms with Crippen molar-refractivity contribution in [3.63, 3.8) is 0 Å². The molecule has 28 heavy (non-hydrogen) atoms. The minimum atomic E-state index is -0.638. The van der Waals surface area contributed by atoms with Crippen LogP contribution in [0.25, 0.3) is 16.3 Å². The zero-order chi connectivity index (χ0) is 19.9. The molecule has 142 valence electrons. The van der Waals surface area contributed by atoms with Crippen molar-refractivity contribution in [3.05, 3.63) is 59.6 Å². The van der Waals surface area contributed by atoms with Crippen molar-refractivity contribution in [3.8, 4) is 22.3 Å². The van der Waals surface area contributed by atoms with Gasteiger partial charge in [-0.05, 0) is 23.6 Å². The van der Waals surface area contributed by atoms with Crippen molar-refractivity contribution in [2.24, 2.45) is 0 Å². The largest absolute Gasteiger partial charge is 0.451 e. The van der Waals surface area contributed by atoms with E-state index < -0.39 is 12.6 Å². The standard InChI is InChI=1S/C20H18N4O3S/c1-23(11-6-10-21)19(25)14-27-20(26)17-13-16(18-9-5-12-28-18)22-24(17)15-7-3-2-4-8-15/h2-5,7-9,12-13H,6,11,14H2,1H3. The highest BCUT2D eigenvalue weighted by Crippen LogP contribution is 2.26. The SMILES string of the molecule is CN(CCC#N)C(=O)COC(=O)c1cc(-c2cccs2)nn1-c1ccccc1. The number of ether oxygens (including phenoxy) is 1. The molecule has 0 fully saturated rings. The highest BCUT2D eigenvalue weighted by molar-refractivity contribution is 7.13. The Balaban J connectivity index is 1.81. The third kappa shape index (κ3) is 4.45. The van der Waals surface area contributed by atoms with Gasteiger partial charge < -0.3 is 9.64 Å². The summed E-state index contributed by atoms with van der Waals surface area (Å²) < 4.78 is 6.73. The van der Waals surface area contributed by atoms with Crippen LogP contribution in [0.3, 0.4) is 0 Å². The quantitative estimate of drug-likeness (QED) is 0.575. The van der Waals surface area contributed by atoms with Gasteiger partial charge in [-0.1, -0.05) is 24.3 Å². The molecule has 0 unspecified atom stereocenters. The molecule has 1 amide bonds. The summed E-state index contributed by atoms with van der Waals surface area (Å²) in [5.74, 6) is -1.01. The number of thiophene rings is 1. The van der Waals surface area contributed by atoms with Crippen LogP contribution >= 0.6 is 11.3 Å². The zero-order valence-electron chi connectivity index (χ0n) is 15.2. The van der Waals surface area contributed by atoms with Crippen molar-refractivity contribution in [1.29, 1.82) is 5.26 Å². The number of para-hydroxylation sites is 1. The molecule has 0 aliphatic heterocycles. The predicted octanol–water partition coefficient (Wildman–Crippen LogP) is 3.13. The lowest BCUT2D eigenvalue weighted by Crippen LogP contribution is -2.32. The fourth-order valence-corrected chi connectivity index (χ4v) is 3.17. The van der Waals surface area contributed by atoms with Crippen molar-refractivity contribution < 1.29 is 14.3 Å². The summed E-state index contributed by atoms with van der Waals surface area (Å²) in [4.78, 5) is 27.0. The van der Waals surface area contributed by atoms with E-state index in [-0.39, 0.29) is 24.6 Å². The maximum atomic E-state index is 12.7. The van der Waals surface area contributed by atoms with E-state index in [4.69, 9.17) is 10.00 Å².